The Balaban J connectivity index is 1.82. The van der Waals surface area contributed by atoms with Crippen LogP contribution in [0.15, 0.2) is 64.1 Å². The van der Waals surface area contributed by atoms with E-state index in [-0.39, 0.29) is 36.0 Å². The first kappa shape index (κ1) is 22.9. The molecule has 1 fully saturated rings. The summed E-state index contributed by atoms with van der Waals surface area (Å²) in [4.78, 5) is 0.292. The normalized spacial score (nSPS) is 17.0. The highest BCUT2D eigenvalue weighted by molar-refractivity contribution is 9.11. The van der Waals surface area contributed by atoms with Gasteiger partial charge in [-0.25, -0.2) is 16.8 Å². The molecule has 6 nitrogen and oxygen atoms in total. The van der Waals surface area contributed by atoms with Crippen LogP contribution < -0.4 is 0 Å². The molecule has 0 N–H and O–H groups in total. The van der Waals surface area contributed by atoms with Crippen LogP contribution in [0.4, 0.5) is 0 Å². The maximum absolute atomic E-state index is 13.0. The van der Waals surface area contributed by atoms with Crippen LogP contribution in [0.25, 0.3) is 0 Å². The molecule has 1 heterocycles. The number of piperazine rings is 1. The predicted octanol–water partition coefficient (Wildman–Crippen LogP) is 4.43. The molecule has 0 unspecified atom stereocenters. The van der Waals surface area contributed by atoms with E-state index in [4.69, 9.17) is 0 Å². The van der Waals surface area contributed by atoms with E-state index < -0.39 is 20.0 Å². The van der Waals surface area contributed by atoms with Crippen LogP contribution in [-0.4, -0.2) is 51.6 Å². The Labute approximate surface area is 197 Å². The lowest BCUT2D eigenvalue weighted by molar-refractivity contribution is 0.272. The zero-order chi connectivity index (χ0) is 20.7. The van der Waals surface area contributed by atoms with E-state index in [2.05, 4.69) is 63.7 Å². The molecule has 1 aliphatic heterocycles. The summed E-state index contributed by atoms with van der Waals surface area (Å²) in [6.07, 6.45) is 0. The second kappa shape index (κ2) is 8.74. The first-order chi connectivity index (χ1) is 13.0. The Morgan fingerprint density at radius 1 is 0.607 bits per heavy atom. The molecule has 12 heteroatoms. The molecule has 1 saturated heterocycles. The fourth-order valence-electron chi connectivity index (χ4n) is 2.78. The number of halogens is 4. The molecule has 152 valence electrons. The van der Waals surface area contributed by atoms with Crippen LogP contribution in [0.1, 0.15) is 0 Å². The number of sulfonamides is 2. The molecule has 0 amide bonds. The van der Waals surface area contributed by atoms with Gasteiger partial charge in [-0.15, -0.1) is 0 Å². The highest BCUT2D eigenvalue weighted by Crippen LogP contribution is 2.31. The Bertz CT molecular complexity index is 1030. The maximum atomic E-state index is 13.0. The molecule has 0 bridgehead atoms. The summed E-state index contributed by atoms with van der Waals surface area (Å²) in [5, 5.41) is 0. The van der Waals surface area contributed by atoms with Crippen LogP contribution in [0, 0.1) is 0 Å². The fraction of sp³-hybridized carbons (Fsp3) is 0.250. The van der Waals surface area contributed by atoms with Gasteiger partial charge in [0.05, 0.1) is 9.79 Å². The van der Waals surface area contributed by atoms with Gasteiger partial charge in [-0.2, -0.15) is 8.61 Å². The predicted molar refractivity (Wildman–Crippen MR) is 121 cm³/mol. The van der Waals surface area contributed by atoms with E-state index >= 15 is 0 Å². The lowest BCUT2D eigenvalue weighted by atomic mass is 10.4. The quantitative estimate of drug-likeness (QED) is 0.479. The third kappa shape index (κ3) is 4.58. The summed E-state index contributed by atoms with van der Waals surface area (Å²) >= 11 is 13.1. The molecule has 0 atom stereocenters. The van der Waals surface area contributed by atoms with Gasteiger partial charge in [-0.3, -0.25) is 0 Å². The van der Waals surface area contributed by atoms with E-state index in [0.717, 1.165) is 0 Å². The van der Waals surface area contributed by atoms with E-state index in [1.165, 1.54) is 20.7 Å². The molecular weight excluding hydrogens is 668 g/mol. The molecule has 0 saturated carbocycles. The van der Waals surface area contributed by atoms with Gasteiger partial charge in [0.15, 0.2) is 0 Å². The van der Waals surface area contributed by atoms with Gasteiger partial charge >= 0.3 is 0 Å². The molecule has 1 aliphatic rings. The van der Waals surface area contributed by atoms with Gasteiger partial charge in [0, 0.05) is 44.1 Å². The summed E-state index contributed by atoms with van der Waals surface area (Å²) in [6.45, 7) is 0.302. The zero-order valence-electron chi connectivity index (χ0n) is 14.1. The van der Waals surface area contributed by atoms with Gasteiger partial charge in [-0.1, -0.05) is 31.9 Å². The van der Waals surface area contributed by atoms with Crippen molar-refractivity contribution in [2.24, 2.45) is 0 Å². The van der Waals surface area contributed by atoms with Crippen molar-refractivity contribution in [3.63, 3.8) is 0 Å². The molecule has 0 aromatic heterocycles. The minimum absolute atomic E-state index is 0.0755. The Morgan fingerprint density at radius 3 is 1.25 bits per heavy atom. The second-order valence-corrected chi connectivity index (χ2v) is 13.3. The number of rotatable bonds is 4. The van der Waals surface area contributed by atoms with Gasteiger partial charge < -0.3 is 0 Å². The Morgan fingerprint density at radius 2 is 0.929 bits per heavy atom. The Kier molecular flexibility index (Phi) is 7.13. The molecule has 2 aromatic rings. The first-order valence-corrected chi connectivity index (χ1v) is 14.0. The van der Waals surface area contributed by atoms with E-state index in [1.807, 2.05) is 0 Å². The number of benzene rings is 2. The summed E-state index contributed by atoms with van der Waals surface area (Å²) in [5.41, 5.74) is 0. The minimum Gasteiger partial charge on any atom is -0.207 e. The van der Waals surface area contributed by atoms with Crippen LogP contribution in [0.3, 0.4) is 0 Å². The molecular formula is C16H14Br4N2O4S2. The molecule has 0 spiro atoms. The molecule has 0 radical (unpaired) electrons. The van der Waals surface area contributed by atoms with Crippen LogP contribution in [0.5, 0.6) is 0 Å². The van der Waals surface area contributed by atoms with Crippen molar-refractivity contribution < 1.29 is 16.8 Å². The highest BCUT2D eigenvalue weighted by atomic mass is 79.9. The maximum Gasteiger partial charge on any atom is 0.244 e. The third-order valence-electron chi connectivity index (χ3n) is 4.22. The Hall–Kier alpha value is 0.180. The zero-order valence-corrected chi connectivity index (χ0v) is 22.1. The van der Waals surface area contributed by atoms with E-state index in [1.54, 1.807) is 24.3 Å². The van der Waals surface area contributed by atoms with Gasteiger partial charge in [0.1, 0.15) is 0 Å². The van der Waals surface area contributed by atoms with Gasteiger partial charge in [0.2, 0.25) is 20.0 Å². The topological polar surface area (TPSA) is 74.8 Å². The lowest BCUT2D eigenvalue weighted by Crippen LogP contribution is -2.50. The second-order valence-electron chi connectivity index (χ2n) is 5.96. The fourth-order valence-corrected chi connectivity index (χ4v) is 8.55. The molecule has 3 rings (SSSR count). The summed E-state index contributed by atoms with van der Waals surface area (Å²) in [7, 11) is -7.49. The summed E-state index contributed by atoms with van der Waals surface area (Å²) in [6, 6.07) is 9.85. The van der Waals surface area contributed by atoms with Crippen molar-refractivity contribution >= 4 is 83.8 Å². The van der Waals surface area contributed by atoms with Crippen molar-refractivity contribution in [2.75, 3.05) is 26.2 Å². The third-order valence-corrected chi connectivity index (χ3v) is 11.0. The molecule has 28 heavy (non-hydrogen) atoms. The number of nitrogens with zero attached hydrogens (tertiary/aromatic N) is 2. The van der Waals surface area contributed by atoms with Crippen LogP contribution in [0.2, 0.25) is 0 Å². The lowest BCUT2D eigenvalue weighted by Gasteiger charge is -2.33. The van der Waals surface area contributed by atoms with Crippen molar-refractivity contribution in [3.05, 3.63) is 54.3 Å². The molecule has 2 aromatic carbocycles. The number of hydrogen-bond acceptors (Lipinski definition) is 4. The van der Waals surface area contributed by atoms with E-state index in [0.29, 0.717) is 17.9 Å². The monoisotopic (exact) mass is 678 g/mol. The largest absolute Gasteiger partial charge is 0.244 e. The van der Waals surface area contributed by atoms with Crippen LogP contribution >= 0.6 is 63.7 Å². The summed E-state index contributed by atoms with van der Waals surface area (Å²) < 4.78 is 56.7. The van der Waals surface area contributed by atoms with Gasteiger partial charge in [0.25, 0.3) is 0 Å². The number of hydrogen-bond donors (Lipinski definition) is 0. The average molecular weight is 682 g/mol. The van der Waals surface area contributed by atoms with E-state index in [9.17, 15) is 16.8 Å². The smallest absolute Gasteiger partial charge is 0.207 e. The minimum atomic E-state index is -3.75. The van der Waals surface area contributed by atoms with Crippen molar-refractivity contribution in [1.82, 2.24) is 8.61 Å². The van der Waals surface area contributed by atoms with Crippen molar-refractivity contribution in [1.29, 1.82) is 0 Å². The van der Waals surface area contributed by atoms with Gasteiger partial charge in [-0.05, 0) is 68.3 Å². The average Bonchev–Trinajstić information content (AvgIpc) is 2.65. The first-order valence-electron chi connectivity index (χ1n) is 7.94. The highest BCUT2D eigenvalue weighted by Gasteiger charge is 2.35. The van der Waals surface area contributed by atoms with Crippen molar-refractivity contribution in [3.8, 4) is 0 Å². The van der Waals surface area contributed by atoms with Crippen LogP contribution in [-0.2, 0) is 20.0 Å². The standard InChI is InChI=1S/C16H14Br4N2O4S2/c17-11-1-3-13(19)15(9-11)27(23,24)21-5-7-22(8-6-21)28(25,26)16-10-12(18)2-4-14(16)20/h1-4,9-10H,5-8H2. The van der Waals surface area contributed by atoms with Crippen molar-refractivity contribution in [2.45, 2.75) is 9.79 Å². The molecule has 0 aliphatic carbocycles. The SMILES string of the molecule is O=S(=O)(c1cc(Br)ccc1Br)N1CCN(S(=O)(=O)c2cc(Br)ccc2Br)CC1. The summed E-state index contributed by atoms with van der Waals surface area (Å²) in [5.74, 6) is 0.